The molecule has 0 spiro atoms. The van der Waals surface area contributed by atoms with Gasteiger partial charge in [0.15, 0.2) is 0 Å². The largest absolute Gasteiger partial charge is 0.475 e. The molecule has 1 nitrogen and oxygen atoms in total. The van der Waals surface area contributed by atoms with Crippen LogP contribution in [0.1, 0.15) is 5.56 Å². The highest BCUT2D eigenvalue weighted by atomic mass is 19.1. The van der Waals surface area contributed by atoms with Crippen LogP contribution >= 0.6 is 0 Å². The van der Waals surface area contributed by atoms with E-state index in [4.69, 9.17) is 0 Å². The van der Waals surface area contributed by atoms with Crippen molar-refractivity contribution in [2.75, 3.05) is 0 Å². The van der Waals surface area contributed by atoms with E-state index in [1.54, 1.807) is 11.4 Å². The van der Waals surface area contributed by atoms with Gasteiger partial charge in [0.05, 0.1) is 6.54 Å². The molecule has 2 N–H and O–H groups in total. The molecule has 0 saturated heterocycles. The molecule has 0 fully saturated rings. The Bertz CT molecular complexity index is 210. The van der Waals surface area contributed by atoms with Gasteiger partial charge in [-0.3, -0.25) is 0 Å². The lowest BCUT2D eigenvalue weighted by molar-refractivity contribution is -0.612. The SMILES string of the molecule is [CH2-][NH2+]Cc1cccc(F)c1. The summed E-state index contributed by atoms with van der Waals surface area (Å²) in [7, 11) is 3.56. The van der Waals surface area contributed by atoms with Crippen LogP contribution in [0.4, 0.5) is 4.39 Å². The fraction of sp³-hybridized carbons (Fsp3) is 0.125. The van der Waals surface area contributed by atoms with Gasteiger partial charge in [0.1, 0.15) is 5.82 Å². The summed E-state index contributed by atoms with van der Waals surface area (Å²) in [4.78, 5) is 0. The fourth-order valence-electron chi connectivity index (χ4n) is 0.831. The zero-order valence-electron chi connectivity index (χ0n) is 5.68. The van der Waals surface area contributed by atoms with Crippen LogP contribution in [-0.2, 0) is 6.54 Å². The topological polar surface area (TPSA) is 16.6 Å². The highest BCUT2D eigenvalue weighted by Gasteiger charge is 1.91. The predicted molar refractivity (Wildman–Crippen MR) is 37.4 cm³/mol. The standard InChI is InChI=1S/C8H10FN/c1-10-6-7-3-2-4-8(9)5-7/h2-5H,1,6,10H2. The van der Waals surface area contributed by atoms with E-state index in [0.29, 0.717) is 0 Å². The minimum absolute atomic E-state index is 0.181. The first-order chi connectivity index (χ1) is 4.83. The second kappa shape index (κ2) is 3.32. The first-order valence-electron chi connectivity index (χ1n) is 3.18. The van der Waals surface area contributed by atoms with Gasteiger partial charge in [0.2, 0.25) is 0 Å². The first kappa shape index (κ1) is 7.22. The molecule has 0 heterocycles. The molecule has 54 valence electrons. The Labute approximate surface area is 59.9 Å². The summed E-state index contributed by atoms with van der Waals surface area (Å²) < 4.78 is 12.5. The summed E-state index contributed by atoms with van der Waals surface area (Å²) in [5.41, 5.74) is 0.968. The highest BCUT2D eigenvalue weighted by Crippen LogP contribution is 2.00. The van der Waals surface area contributed by atoms with Crippen LogP contribution in [0, 0.1) is 12.9 Å². The molecule has 1 aromatic carbocycles. The van der Waals surface area contributed by atoms with Crippen LogP contribution in [0.2, 0.25) is 0 Å². The van der Waals surface area contributed by atoms with Crippen LogP contribution in [-0.4, -0.2) is 0 Å². The van der Waals surface area contributed by atoms with Crippen molar-refractivity contribution in [3.63, 3.8) is 0 Å². The Morgan fingerprint density at radius 1 is 1.50 bits per heavy atom. The quantitative estimate of drug-likeness (QED) is 0.580. The second-order valence-corrected chi connectivity index (χ2v) is 2.12. The smallest absolute Gasteiger partial charge is 0.123 e. The molecule has 1 rings (SSSR count). The zero-order chi connectivity index (χ0) is 7.40. The number of halogens is 1. The molecule has 0 aliphatic rings. The van der Waals surface area contributed by atoms with Crippen molar-refractivity contribution < 1.29 is 9.71 Å². The summed E-state index contributed by atoms with van der Waals surface area (Å²) in [5.74, 6) is -0.181. The average molecular weight is 139 g/mol. The Balaban J connectivity index is 2.75. The van der Waals surface area contributed by atoms with E-state index in [1.165, 1.54) is 12.1 Å². The molecule has 0 aliphatic heterocycles. The van der Waals surface area contributed by atoms with Crippen molar-refractivity contribution >= 4 is 0 Å². The van der Waals surface area contributed by atoms with E-state index in [0.717, 1.165) is 12.1 Å². The Morgan fingerprint density at radius 2 is 2.30 bits per heavy atom. The van der Waals surface area contributed by atoms with Gasteiger partial charge in [0, 0.05) is 5.56 Å². The third-order valence-corrected chi connectivity index (χ3v) is 1.27. The maximum Gasteiger partial charge on any atom is 0.123 e. The lowest BCUT2D eigenvalue weighted by Gasteiger charge is -1.99. The molecule has 10 heavy (non-hydrogen) atoms. The Hall–Kier alpha value is -0.890. The van der Waals surface area contributed by atoms with E-state index in [1.807, 2.05) is 6.07 Å². The second-order valence-electron chi connectivity index (χ2n) is 2.12. The van der Waals surface area contributed by atoms with Gasteiger partial charge in [-0.2, -0.15) is 7.05 Å². The van der Waals surface area contributed by atoms with Gasteiger partial charge >= 0.3 is 0 Å². The van der Waals surface area contributed by atoms with Crippen molar-refractivity contribution in [3.8, 4) is 0 Å². The van der Waals surface area contributed by atoms with E-state index in [2.05, 4.69) is 7.05 Å². The molecular formula is C8H10FN. The summed E-state index contributed by atoms with van der Waals surface area (Å²) in [5, 5.41) is 1.76. The number of rotatable bonds is 2. The van der Waals surface area contributed by atoms with Crippen LogP contribution < -0.4 is 5.32 Å². The molecule has 0 amide bonds. The molecular weight excluding hydrogens is 129 g/mol. The summed E-state index contributed by atoms with van der Waals surface area (Å²) in [6.45, 7) is 0.734. The third-order valence-electron chi connectivity index (χ3n) is 1.27. The third kappa shape index (κ3) is 1.81. The monoisotopic (exact) mass is 139 g/mol. The summed E-state index contributed by atoms with van der Waals surface area (Å²) >= 11 is 0. The van der Waals surface area contributed by atoms with Crippen molar-refractivity contribution in [1.29, 1.82) is 0 Å². The number of hydrogen-bond acceptors (Lipinski definition) is 0. The maximum atomic E-state index is 12.5. The molecule has 2 heteroatoms. The molecule has 0 bridgehead atoms. The Morgan fingerprint density at radius 3 is 2.90 bits per heavy atom. The van der Waals surface area contributed by atoms with Gasteiger partial charge in [-0.25, -0.2) is 4.39 Å². The van der Waals surface area contributed by atoms with Gasteiger partial charge in [-0.05, 0) is 12.1 Å². The number of benzene rings is 1. The van der Waals surface area contributed by atoms with Crippen molar-refractivity contribution in [3.05, 3.63) is 42.7 Å². The lowest BCUT2D eigenvalue weighted by atomic mass is 10.2. The van der Waals surface area contributed by atoms with Crippen LogP contribution in [0.25, 0.3) is 0 Å². The zero-order valence-corrected chi connectivity index (χ0v) is 5.68. The van der Waals surface area contributed by atoms with E-state index >= 15 is 0 Å². The van der Waals surface area contributed by atoms with Crippen molar-refractivity contribution in [2.24, 2.45) is 0 Å². The highest BCUT2D eigenvalue weighted by molar-refractivity contribution is 5.14. The molecule has 0 aliphatic carbocycles. The van der Waals surface area contributed by atoms with Gasteiger partial charge in [-0.15, -0.1) is 0 Å². The van der Waals surface area contributed by atoms with Crippen LogP contribution in [0.15, 0.2) is 24.3 Å². The normalized spacial score (nSPS) is 9.80. The first-order valence-corrected chi connectivity index (χ1v) is 3.18. The van der Waals surface area contributed by atoms with E-state index in [9.17, 15) is 4.39 Å². The van der Waals surface area contributed by atoms with Gasteiger partial charge in [0.25, 0.3) is 0 Å². The molecule has 0 atom stereocenters. The molecule has 0 saturated carbocycles. The van der Waals surface area contributed by atoms with E-state index < -0.39 is 0 Å². The maximum absolute atomic E-state index is 12.5. The minimum Gasteiger partial charge on any atom is -0.475 e. The number of hydrogen-bond donors (Lipinski definition) is 1. The molecule has 0 radical (unpaired) electrons. The van der Waals surface area contributed by atoms with Crippen LogP contribution in [0.5, 0.6) is 0 Å². The van der Waals surface area contributed by atoms with Crippen molar-refractivity contribution in [2.45, 2.75) is 6.54 Å². The Kier molecular flexibility index (Phi) is 2.40. The molecule has 0 unspecified atom stereocenters. The minimum atomic E-state index is -0.181. The molecule has 0 aromatic heterocycles. The summed E-state index contributed by atoms with van der Waals surface area (Å²) in [6, 6.07) is 6.53. The predicted octanol–water partition coefficient (Wildman–Crippen LogP) is 0.681. The molecule has 1 aromatic rings. The van der Waals surface area contributed by atoms with Crippen molar-refractivity contribution in [1.82, 2.24) is 0 Å². The number of quaternary nitrogens is 1. The van der Waals surface area contributed by atoms with Gasteiger partial charge in [-0.1, -0.05) is 12.1 Å². The van der Waals surface area contributed by atoms with Crippen LogP contribution in [0.3, 0.4) is 0 Å². The van der Waals surface area contributed by atoms with E-state index in [-0.39, 0.29) is 5.82 Å². The average Bonchev–Trinajstić information content (AvgIpc) is 1.88. The summed E-state index contributed by atoms with van der Waals surface area (Å²) in [6.07, 6.45) is 0. The lowest BCUT2D eigenvalue weighted by Crippen LogP contribution is -2.74. The number of nitrogens with two attached hydrogens (primary N) is 1. The van der Waals surface area contributed by atoms with Gasteiger partial charge < -0.3 is 5.32 Å². The fourth-order valence-corrected chi connectivity index (χ4v) is 0.831.